The highest BCUT2D eigenvalue weighted by molar-refractivity contribution is 5.46. The first kappa shape index (κ1) is 15.1. The highest BCUT2D eigenvalue weighted by Gasteiger charge is 2.08. The van der Waals surface area contributed by atoms with Gasteiger partial charge in [-0.15, -0.1) is 0 Å². The van der Waals surface area contributed by atoms with Gasteiger partial charge in [-0.3, -0.25) is 0 Å². The molecule has 0 unspecified atom stereocenters. The van der Waals surface area contributed by atoms with Gasteiger partial charge in [-0.05, 0) is 24.1 Å². The number of benzene rings is 1. The van der Waals surface area contributed by atoms with Gasteiger partial charge in [0.15, 0.2) is 11.5 Å². The Labute approximate surface area is 123 Å². The molecule has 0 amide bonds. The lowest BCUT2D eigenvalue weighted by atomic mass is 10.2. The quantitative estimate of drug-likeness (QED) is 0.816. The lowest BCUT2D eigenvalue weighted by Crippen LogP contribution is -2.02. The summed E-state index contributed by atoms with van der Waals surface area (Å²) < 4.78 is 11.0. The Morgan fingerprint density at radius 3 is 2.76 bits per heavy atom. The van der Waals surface area contributed by atoms with E-state index in [4.69, 9.17) is 14.6 Å². The molecule has 21 heavy (non-hydrogen) atoms. The molecule has 0 aliphatic heterocycles. The molecule has 0 saturated carbocycles. The molecular weight excluding hydrogens is 270 g/mol. The maximum absolute atomic E-state index is 9.13. The summed E-state index contributed by atoms with van der Waals surface area (Å²) in [6, 6.07) is 6.97. The van der Waals surface area contributed by atoms with Gasteiger partial charge in [-0.2, -0.15) is 0 Å². The Bertz CT molecular complexity index is 590. The van der Waals surface area contributed by atoms with Crippen LogP contribution in [0.1, 0.15) is 18.9 Å². The summed E-state index contributed by atoms with van der Waals surface area (Å²) >= 11 is 0. The van der Waals surface area contributed by atoms with Crippen LogP contribution in [0.25, 0.3) is 0 Å². The van der Waals surface area contributed by atoms with Crippen LogP contribution in [0.5, 0.6) is 17.4 Å². The van der Waals surface area contributed by atoms with Crippen LogP contribution in [0.2, 0.25) is 0 Å². The van der Waals surface area contributed by atoms with E-state index in [0.29, 0.717) is 23.2 Å². The number of aliphatic hydroxyl groups is 1. The number of aliphatic hydroxyl groups excluding tert-OH is 1. The molecule has 0 saturated heterocycles. The Kier molecular flexibility index (Phi) is 5.34. The molecule has 0 aliphatic carbocycles. The lowest BCUT2D eigenvalue weighted by Gasteiger charge is -2.11. The van der Waals surface area contributed by atoms with Crippen LogP contribution in [-0.4, -0.2) is 28.7 Å². The average molecular weight is 289 g/mol. The Morgan fingerprint density at radius 2 is 2.05 bits per heavy atom. The van der Waals surface area contributed by atoms with E-state index in [9.17, 15) is 0 Å². The highest BCUT2D eigenvalue weighted by atomic mass is 16.5. The van der Waals surface area contributed by atoms with Crippen LogP contribution in [0, 0.1) is 0 Å². The van der Waals surface area contributed by atoms with E-state index in [2.05, 4.69) is 22.2 Å². The normalized spacial score (nSPS) is 10.2. The molecule has 1 aromatic carbocycles. The topological polar surface area (TPSA) is 76.5 Å². The monoisotopic (exact) mass is 289 g/mol. The minimum absolute atomic E-state index is 0.0464. The van der Waals surface area contributed by atoms with Crippen LogP contribution in [0.4, 0.5) is 5.82 Å². The molecule has 0 aliphatic rings. The lowest BCUT2D eigenvalue weighted by molar-refractivity contribution is 0.280. The predicted octanol–water partition coefficient (Wildman–Crippen LogP) is 2.59. The van der Waals surface area contributed by atoms with Crippen molar-refractivity contribution in [3.05, 3.63) is 36.2 Å². The molecule has 6 nitrogen and oxygen atoms in total. The molecule has 1 heterocycles. The first-order chi connectivity index (χ1) is 10.3. The van der Waals surface area contributed by atoms with Gasteiger partial charge in [0.05, 0.1) is 13.7 Å². The summed E-state index contributed by atoms with van der Waals surface area (Å²) in [7, 11) is 1.55. The number of nitrogens with zero attached hydrogens (tertiary/aromatic N) is 2. The van der Waals surface area contributed by atoms with E-state index < -0.39 is 0 Å². The Morgan fingerprint density at radius 1 is 1.19 bits per heavy atom. The summed E-state index contributed by atoms with van der Waals surface area (Å²) in [5, 5.41) is 12.3. The zero-order valence-electron chi connectivity index (χ0n) is 12.2. The Balaban J connectivity index is 2.17. The number of ether oxygens (including phenoxy) is 2. The first-order valence-electron chi connectivity index (χ1n) is 6.78. The first-order valence-corrected chi connectivity index (χ1v) is 6.78. The fourth-order valence-corrected chi connectivity index (χ4v) is 1.75. The molecule has 0 spiro atoms. The summed E-state index contributed by atoms with van der Waals surface area (Å²) in [6.07, 6.45) is 2.46. The van der Waals surface area contributed by atoms with Crippen molar-refractivity contribution in [2.24, 2.45) is 0 Å². The van der Waals surface area contributed by atoms with Gasteiger partial charge >= 0.3 is 0 Å². The smallest absolute Gasteiger partial charge is 0.224 e. The molecular formula is C15H19N3O3. The largest absolute Gasteiger partial charge is 0.493 e. The minimum atomic E-state index is -0.0464. The number of anilines is 1. The summed E-state index contributed by atoms with van der Waals surface area (Å²) in [5.41, 5.74) is 0.757. The van der Waals surface area contributed by atoms with Gasteiger partial charge in [0.1, 0.15) is 12.1 Å². The third-order valence-electron chi connectivity index (χ3n) is 2.82. The third-order valence-corrected chi connectivity index (χ3v) is 2.82. The SMILES string of the molecule is CCCNc1cc(Oc2ccc(CO)cc2OC)ncn1. The fraction of sp³-hybridized carbons (Fsp3) is 0.333. The van der Waals surface area contributed by atoms with Crippen molar-refractivity contribution in [1.82, 2.24) is 9.97 Å². The van der Waals surface area contributed by atoms with Crippen LogP contribution in [0.15, 0.2) is 30.6 Å². The van der Waals surface area contributed by atoms with Gasteiger partial charge < -0.3 is 19.9 Å². The van der Waals surface area contributed by atoms with Gasteiger partial charge in [-0.1, -0.05) is 13.0 Å². The molecule has 2 N–H and O–H groups in total. The minimum Gasteiger partial charge on any atom is -0.493 e. The van der Waals surface area contributed by atoms with Crippen LogP contribution < -0.4 is 14.8 Å². The highest BCUT2D eigenvalue weighted by Crippen LogP contribution is 2.31. The number of hydrogen-bond acceptors (Lipinski definition) is 6. The van der Waals surface area contributed by atoms with Crippen molar-refractivity contribution in [3.63, 3.8) is 0 Å². The molecule has 2 rings (SSSR count). The second-order valence-corrected chi connectivity index (χ2v) is 4.41. The number of hydrogen-bond donors (Lipinski definition) is 2. The van der Waals surface area contributed by atoms with Crippen LogP contribution in [0.3, 0.4) is 0 Å². The van der Waals surface area contributed by atoms with Crippen LogP contribution >= 0.6 is 0 Å². The summed E-state index contributed by atoms with van der Waals surface area (Å²) in [6.45, 7) is 2.87. The van der Waals surface area contributed by atoms with Crippen molar-refractivity contribution < 1.29 is 14.6 Å². The van der Waals surface area contributed by atoms with Crippen molar-refractivity contribution in [1.29, 1.82) is 0 Å². The molecule has 112 valence electrons. The number of methoxy groups -OCH3 is 1. The molecule has 0 bridgehead atoms. The standard InChI is InChI=1S/C15H19N3O3/c1-3-6-16-14-8-15(18-10-17-14)21-12-5-4-11(9-19)7-13(12)20-2/h4-5,7-8,10,19H,3,6,9H2,1-2H3,(H,16,17,18). The summed E-state index contributed by atoms with van der Waals surface area (Å²) in [4.78, 5) is 8.20. The zero-order valence-corrected chi connectivity index (χ0v) is 12.2. The fourth-order valence-electron chi connectivity index (χ4n) is 1.75. The predicted molar refractivity (Wildman–Crippen MR) is 79.8 cm³/mol. The maximum Gasteiger partial charge on any atom is 0.224 e. The Hall–Kier alpha value is -2.34. The molecule has 0 radical (unpaired) electrons. The van der Waals surface area contributed by atoms with Gasteiger partial charge in [0, 0.05) is 12.6 Å². The number of aromatic nitrogens is 2. The molecule has 1 aromatic heterocycles. The number of rotatable bonds is 7. The van der Waals surface area contributed by atoms with E-state index in [-0.39, 0.29) is 6.61 Å². The van der Waals surface area contributed by atoms with Gasteiger partial charge in [-0.25, -0.2) is 9.97 Å². The maximum atomic E-state index is 9.13. The second kappa shape index (κ2) is 7.44. The van der Waals surface area contributed by atoms with Gasteiger partial charge in [0.2, 0.25) is 5.88 Å². The zero-order chi connectivity index (χ0) is 15.1. The van der Waals surface area contributed by atoms with Crippen molar-refractivity contribution in [2.75, 3.05) is 19.0 Å². The molecule has 0 atom stereocenters. The van der Waals surface area contributed by atoms with E-state index in [1.54, 1.807) is 31.4 Å². The molecule has 0 fully saturated rings. The van der Waals surface area contributed by atoms with Gasteiger partial charge in [0.25, 0.3) is 0 Å². The third kappa shape index (κ3) is 4.06. The average Bonchev–Trinajstić information content (AvgIpc) is 2.53. The second-order valence-electron chi connectivity index (χ2n) is 4.41. The summed E-state index contributed by atoms with van der Waals surface area (Å²) in [5.74, 6) is 2.23. The van der Waals surface area contributed by atoms with E-state index in [1.807, 2.05) is 0 Å². The van der Waals surface area contributed by atoms with Crippen molar-refractivity contribution >= 4 is 5.82 Å². The van der Waals surface area contributed by atoms with E-state index in [1.165, 1.54) is 6.33 Å². The number of nitrogens with one attached hydrogen (secondary N) is 1. The van der Waals surface area contributed by atoms with Crippen LogP contribution in [-0.2, 0) is 6.61 Å². The molecule has 2 aromatic rings. The van der Waals surface area contributed by atoms with Crippen molar-refractivity contribution in [2.45, 2.75) is 20.0 Å². The van der Waals surface area contributed by atoms with E-state index >= 15 is 0 Å². The van der Waals surface area contributed by atoms with E-state index in [0.717, 1.165) is 18.5 Å². The van der Waals surface area contributed by atoms with Crippen molar-refractivity contribution in [3.8, 4) is 17.4 Å². The molecule has 6 heteroatoms.